The number of hydrogen-bond donors (Lipinski definition) is 5. The molecule has 2 aromatic rings. The van der Waals surface area contributed by atoms with Gasteiger partial charge in [0.15, 0.2) is 5.92 Å². The third-order valence-corrected chi connectivity index (χ3v) is 10.4. The molecular formula is C40H59N5O9. The quantitative estimate of drug-likeness (QED) is 0.0889. The van der Waals surface area contributed by atoms with Gasteiger partial charge in [-0.3, -0.25) is 19.2 Å². The van der Waals surface area contributed by atoms with Crippen molar-refractivity contribution in [2.75, 3.05) is 7.11 Å². The fourth-order valence-corrected chi connectivity index (χ4v) is 7.49. The van der Waals surface area contributed by atoms with E-state index in [9.17, 15) is 29.1 Å². The second kappa shape index (κ2) is 19.7. The minimum Gasteiger partial charge on any atom is -0.468 e. The number of aromatic amines is 1. The summed E-state index contributed by atoms with van der Waals surface area (Å²) in [6.45, 7) is 9.12. The van der Waals surface area contributed by atoms with Crippen molar-refractivity contribution in [3.63, 3.8) is 0 Å². The van der Waals surface area contributed by atoms with E-state index in [1.54, 1.807) is 27.0 Å². The summed E-state index contributed by atoms with van der Waals surface area (Å²) in [6, 6.07) is 6.35. The summed E-state index contributed by atoms with van der Waals surface area (Å²) < 4.78 is 15.9. The van der Waals surface area contributed by atoms with Gasteiger partial charge in [0, 0.05) is 37.1 Å². The zero-order valence-corrected chi connectivity index (χ0v) is 32.5. The number of carbonyl (C=O) groups excluding carboxylic acids is 5. The van der Waals surface area contributed by atoms with Crippen LogP contribution in [0.25, 0.3) is 0 Å². The van der Waals surface area contributed by atoms with Crippen LogP contribution in [0, 0.1) is 23.7 Å². The summed E-state index contributed by atoms with van der Waals surface area (Å²) in [4.78, 5) is 73.1. The molecule has 1 aromatic carbocycles. The number of cyclic esters (lactones) is 1. The fraction of sp³-hybridized carbons (Fsp3) is 0.650. The molecule has 1 aliphatic carbocycles. The van der Waals surface area contributed by atoms with Gasteiger partial charge in [0.05, 0.1) is 25.6 Å². The Labute approximate surface area is 318 Å². The summed E-state index contributed by atoms with van der Waals surface area (Å²) in [5.74, 6) is -3.44. The lowest BCUT2D eigenvalue weighted by molar-refractivity contribution is -0.155. The first-order valence-electron chi connectivity index (χ1n) is 19.2. The highest BCUT2D eigenvalue weighted by molar-refractivity contribution is 5.96. The van der Waals surface area contributed by atoms with Crippen molar-refractivity contribution in [2.24, 2.45) is 23.7 Å². The van der Waals surface area contributed by atoms with Crippen LogP contribution < -0.4 is 16.0 Å². The van der Waals surface area contributed by atoms with E-state index in [1.165, 1.54) is 13.4 Å². The van der Waals surface area contributed by atoms with Gasteiger partial charge < -0.3 is 40.3 Å². The molecule has 2 heterocycles. The van der Waals surface area contributed by atoms with Crippen molar-refractivity contribution in [2.45, 2.75) is 135 Å². The topological polar surface area (TPSA) is 198 Å². The van der Waals surface area contributed by atoms with Gasteiger partial charge in [0.1, 0.15) is 23.8 Å². The highest BCUT2D eigenvalue weighted by Gasteiger charge is 2.45. The number of methoxy groups -OCH3 is 1. The Bertz CT molecular complexity index is 1520. The molecule has 1 aromatic heterocycles. The SMILES string of the molecule is COC(=O)C1CC([C@@H](C[C@H](O)[C@H](CC2CCCCC2)NC(=O)[C@H](Cc2cnc[nH]2)NC(=O)[C@H](Cc2ccccc2)NC(=O)OC(C)(C)C)C(C)C)OC1=O. The molecule has 0 bridgehead atoms. The van der Waals surface area contributed by atoms with Crippen LogP contribution in [-0.2, 0) is 46.2 Å². The molecule has 298 valence electrons. The van der Waals surface area contributed by atoms with Crippen molar-refractivity contribution in [3.05, 3.63) is 54.1 Å². The van der Waals surface area contributed by atoms with Crippen molar-refractivity contribution < 1.29 is 43.3 Å². The Morgan fingerprint density at radius 3 is 2.26 bits per heavy atom. The molecule has 14 heteroatoms. The van der Waals surface area contributed by atoms with Gasteiger partial charge >= 0.3 is 18.0 Å². The van der Waals surface area contributed by atoms with Crippen LogP contribution in [-0.4, -0.2) is 88.0 Å². The molecule has 0 spiro atoms. The number of hydrogen-bond acceptors (Lipinski definition) is 10. The van der Waals surface area contributed by atoms with Gasteiger partial charge in [-0.1, -0.05) is 76.3 Å². The number of nitrogens with zero attached hydrogens (tertiary/aromatic N) is 1. The highest BCUT2D eigenvalue weighted by atomic mass is 16.6. The number of H-pyrrole nitrogens is 1. The molecule has 0 radical (unpaired) electrons. The van der Waals surface area contributed by atoms with Crippen molar-refractivity contribution in [1.82, 2.24) is 25.9 Å². The van der Waals surface area contributed by atoms with Gasteiger partial charge in [0.25, 0.3) is 0 Å². The number of rotatable bonds is 17. The zero-order valence-electron chi connectivity index (χ0n) is 32.5. The number of ether oxygens (including phenoxy) is 3. The van der Waals surface area contributed by atoms with Crippen LogP contribution in [0.1, 0.15) is 97.2 Å². The number of imidazole rings is 1. The molecule has 4 rings (SSSR count). The van der Waals surface area contributed by atoms with Gasteiger partial charge in [-0.15, -0.1) is 0 Å². The first-order valence-corrected chi connectivity index (χ1v) is 19.2. The van der Waals surface area contributed by atoms with E-state index in [4.69, 9.17) is 14.2 Å². The van der Waals surface area contributed by atoms with Crippen LogP contribution in [0.4, 0.5) is 4.79 Å². The minimum atomic E-state index is -1.10. The summed E-state index contributed by atoms with van der Waals surface area (Å²) >= 11 is 0. The predicted molar refractivity (Wildman–Crippen MR) is 200 cm³/mol. The molecule has 7 atom stereocenters. The van der Waals surface area contributed by atoms with Gasteiger partial charge in [0.2, 0.25) is 11.8 Å². The Morgan fingerprint density at radius 2 is 1.65 bits per heavy atom. The van der Waals surface area contributed by atoms with Crippen LogP contribution >= 0.6 is 0 Å². The maximum absolute atomic E-state index is 14.3. The summed E-state index contributed by atoms with van der Waals surface area (Å²) in [6.07, 6.45) is 6.96. The Hall–Kier alpha value is -4.46. The van der Waals surface area contributed by atoms with E-state index in [-0.39, 0.29) is 43.4 Å². The number of alkyl carbamates (subject to hydrolysis) is 1. The number of amides is 3. The Balaban J connectivity index is 1.56. The fourth-order valence-electron chi connectivity index (χ4n) is 7.49. The van der Waals surface area contributed by atoms with E-state index in [1.807, 2.05) is 44.2 Å². The normalized spacial score (nSPS) is 20.6. The van der Waals surface area contributed by atoms with E-state index in [2.05, 4.69) is 25.9 Å². The molecule has 1 aliphatic heterocycles. The molecule has 1 saturated carbocycles. The lowest BCUT2D eigenvalue weighted by Crippen LogP contribution is -2.58. The van der Waals surface area contributed by atoms with Crippen LogP contribution in [0.5, 0.6) is 0 Å². The summed E-state index contributed by atoms with van der Waals surface area (Å²) in [5, 5.41) is 20.6. The number of carbonyl (C=O) groups is 5. The van der Waals surface area contributed by atoms with E-state index < -0.39 is 71.7 Å². The molecule has 2 unspecified atom stereocenters. The van der Waals surface area contributed by atoms with E-state index in [0.717, 1.165) is 37.7 Å². The number of esters is 2. The standard InChI is InChI=1S/C40H59N5O9/c1-24(2)28(34-21-29(37(49)52-6)38(50)53-34)20-33(46)30(17-25-13-9-7-10-14-25)43-36(48)32(19-27-22-41-23-42-27)44-35(47)31(18-26-15-11-8-12-16-26)45-39(51)54-40(3,4)5/h8,11-12,15-16,22-25,28-34,46H,7,9-10,13-14,17-21H2,1-6H3,(H,41,42)(H,43,48)(H,44,47)(H,45,51)/t28-,29?,30-,31-,32-,33-,34?/m0/s1. The predicted octanol–water partition coefficient (Wildman–Crippen LogP) is 4.16. The van der Waals surface area contributed by atoms with Gasteiger partial charge in [-0.25, -0.2) is 9.78 Å². The lowest BCUT2D eigenvalue weighted by Gasteiger charge is -2.35. The largest absolute Gasteiger partial charge is 0.468 e. The number of nitrogens with one attached hydrogen (secondary N) is 4. The highest BCUT2D eigenvalue weighted by Crippen LogP contribution is 2.35. The zero-order chi connectivity index (χ0) is 39.4. The summed E-state index contributed by atoms with van der Waals surface area (Å²) in [7, 11) is 1.23. The number of aliphatic hydroxyl groups is 1. The third-order valence-electron chi connectivity index (χ3n) is 10.4. The second-order valence-electron chi connectivity index (χ2n) is 16.1. The molecule has 2 fully saturated rings. The molecule has 14 nitrogen and oxygen atoms in total. The average Bonchev–Trinajstić information content (AvgIpc) is 3.78. The van der Waals surface area contributed by atoms with Crippen LogP contribution in [0.15, 0.2) is 42.9 Å². The second-order valence-corrected chi connectivity index (χ2v) is 16.1. The first-order chi connectivity index (χ1) is 25.6. The number of aliphatic hydroxyl groups excluding tert-OH is 1. The maximum Gasteiger partial charge on any atom is 0.408 e. The molecule has 1 saturated heterocycles. The molecule has 54 heavy (non-hydrogen) atoms. The molecule has 5 N–H and O–H groups in total. The number of benzene rings is 1. The number of aromatic nitrogens is 2. The smallest absolute Gasteiger partial charge is 0.408 e. The maximum atomic E-state index is 14.3. The first kappa shape index (κ1) is 42.3. The van der Waals surface area contributed by atoms with Crippen LogP contribution in [0.3, 0.4) is 0 Å². The van der Waals surface area contributed by atoms with Gasteiger partial charge in [-0.05, 0) is 51.0 Å². The molecular weight excluding hydrogens is 694 g/mol. The molecule has 3 amide bonds. The van der Waals surface area contributed by atoms with Crippen molar-refractivity contribution >= 4 is 29.8 Å². The lowest BCUT2D eigenvalue weighted by atomic mass is 9.79. The minimum absolute atomic E-state index is 0.0219. The third kappa shape index (κ3) is 12.8. The van der Waals surface area contributed by atoms with Gasteiger partial charge in [-0.2, -0.15) is 0 Å². The van der Waals surface area contributed by atoms with Crippen molar-refractivity contribution in [1.29, 1.82) is 0 Å². The Morgan fingerprint density at radius 1 is 0.981 bits per heavy atom. The molecule has 2 aliphatic rings. The van der Waals surface area contributed by atoms with Crippen LogP contribution in [0.2, 0.25) is 0 Å². The Kier molecular flexibility index (Phi) is 15.5. The van der Waals surface area contributed by atoms with E-state index in [0.29, 0.717) is 12.1 Å². The van der Waals surface area contributed by atoms with Crippen molar-refractivity contribution in [3.8, 4) is 0 Å². The summed E-state index contributed by atoms with van der Waals surface area (Å²) in [5.41, 5.74) is 0.596. The average molecular weight is 754 g/mol. The van der Waals surface area contributed by atoms with E-state index >= 15 is 0 Å². The monoisotopic (exact) mass is 753 g/mol.